The predicted octanol–water partition coefficient (Wildman–Crippen LogP) is 4.50. The Morgan fingerprint density at radius 1 is 1.12 bits per heavy atom. The largest absolute Gasteiger partial charge is 0.362 e. The lowest BCUT2D eigenvalue weighted by Gasteiger charge is -2.29. The highest BCUT2D eigenvalue weighted by atomic mass is 19.1. The van der Waals surface area contributed by atoms with Crippen LogP contribution in [0.25, 0.3) is 10.9 Å². The maximum atomic E-state index is 14.0. The molecule has 0 radical (unpaired) electrons. The van der Waals surface area contributed by atoms with Gasteiger partial charge in [0.25, 0.3) is 5.69 Å². The van der Waals surface area contributed by atoms with E-state index in [1.165, 1.54) is 12.1 Å². The molecule has 9 heteroatoms. The van der Waals surface area contributed by atoms with Gasteiger partial charge in [-0.3, -0.25) is 10.1 Å². The second-order valence-electron chi connectivity index (χ2n) is 8.81. The third-order valence-electron chi connectivity index (χ3n) is 6.18. The first-order valence-electron chi connectivity index (χ1n) is 11.2. The number of fused-ring (bicyclic) bond motifs is 1. The first-order chi connectivity index (χ1) is 15.9. The summed E-state index contributed by atoms with van der Waals surface area (Å²) in [5, 5.41) is 18.6. The van der Waals surface area contributed by atoms with Crippen LogP contribution in [0.4, 0.5) is 21.8 Å². The number of aromatic nitrogens is 2. The summed E-state index contributed by atoms with van der Waals surface area (Å²) in [5.41, 5.74) is 1.14. The van der Waals surface area contributed by atoms with E-state index < -0.39 is 10.7 Å². The van der Waals surface area contributed by atoms with Crippen molar-refractivity contribution in [1.82, 2.24) is 15.3 Å². The molecule has 1 aliphatic rings. The Morgan fingerprint density at radius 3 is 2.58 bits per heavy atom. The minimum absolute atomic E-state index is 0.227. The minimum atomic E-state index is -0.586. The summed E-state index contributed by atoms with van der Waals surface area (Å²) >= 11 is 0. The van der Waals surface area contributed by atoms with E-state index in [9.17, 15) is 14.5 Å². The highest BCUT2D eigenvalue weighted by molar-refractivity contribution is 5.90. The third-order valence-corrected chi connectivity index (χ3v) is 6.18. The zero-order valence-corrected chi connectivity index (χ0v) is 18.9. The highest BCUT2D eigenvalue weighted by Crippen LogP contribution is 2.28. The average Bonchev–Trinajstić information content (AvgIpc) is 2.80. The molecule has 2 N–H and O–H groups in total. The van der Waals surface area contributed by atoms with E-state index in [1.54, 1.807) is 0 Å². The summed E-state index contributed by atoms with van der Waals surface area (Å²) in [6, 6.07) is 12.1. The van der Waals surface area contributed by atoms with Gasteiger partial charge >= 0.3 is 0 Å². The molecule has 3 aromatic rings. The van der Waals surface area contributed by atoms with Crippen LogP contribution in [0.1, 0.15) is 31.2 Å². The molecule has 1 aromatic heterocycles. The van der Waals surface area contributed by atoms with Crippen LogP contribution in [0.15, 0.2) is 42.5 Å². The van der Waals surface area contributed by atoms with Crippen LogP contribution < -0.4 is 15.5 Å². The Kier molecular flexibility index (Phi) is 6.98. The van der Waals surface area contributed by atoms with E-state index in [1.807, 2.05) is 43.3 Å². The number of nitrogens with one attached hydrogen (secondary N) is 2. The number of nitro groups is 1. The van der Waals surface area contributed by atoms with Crippen LogP contribution in [-0.2, 0) is 6.54 Å². The lowest BCUT2D eigenvalue weighted by molar-refractivity contribution is -0.385. The summed E-state index contributed by atoms with van der Waals surface area (Å²) in [6.07, 6.45) is 4.15. The van der Waals surface area contributed by atoms with Gasteiger partial charge in [0.1, 0.15) is 11.6 Å². The number of nitrogens with zero attached hydrogens (tertiary/aromatic N) is 4. The molecule has 8 nitrogen and oxygen atoms in total. The molecule has 4 rings (SSSR count). The SMILES string of the molecule is CN(C)c1nc(NC2CCC(CNCc3ccc([N+](=O)[O-])cc3F)CC2)nc2ccccc12. The van der Waals surface area contributed by atoms with Crippen LogP contribution in [-0.4, -0.2) is 41.6 Å². The van der Waals surface area contributed by atoms with Gasteiger partial charge in [-0.1, -0.05) is 12.1 Å². The van der Waals surface area contributed by atoms with Gasteiger partial charge in [-0.2, -0.15) is 4.98 Å². The number of halogens is 1. The normalized spacial score (nSPS) is 18.3. The Balaban J connectivity index is 1.28. The van der Waals surface area contributed by atoms with Crippen LogP contribution in [0.5, 0.6) is 0 Å². The lowest BCUT2D eigenvalue weighted by atomic mass is 9.86. The molecule has 2 aromatic carbocycles. The number of hydrogen-bond donors (Lipinski definition) is 2. The fourth-order valence-corrected chi connectivity index (χ4v) is 4.36. The fraction of sp³-hybridized carbons (Fsp3) is 0.417. The van der Waals surface area contributed by atoms with Crippen LogP contribution >= 0.6 is 0 Å². The van der Waals surface area contributed by atoms with Crippen molar-refractivity contribution in [2.75, 3.05) is 30.9 Å². The smallest absolute Gasteiger partial charge is 0.272 e. The molecule has 0 atom stereocenters. The van der Waals surface area contributed by atoms with Gasteiger partial charge in [0.05, 0.1) is 16.5 Å². The maximum absolute atomic E-state index is 14.0. The van der Waals surface area contributed by atoms with Crippen molar-refractivity contribution in [3.8, 4) is 0 Å². The van der Waals surface area contributed by atoms with Gasteiger partial charge in [-0.25, -0.2) is 9.37 Å². The number of hydrogen-bond acceptors (Lipinski definition) is 7. The van der Waals surface area contributed by atoms with Gasteiger partial charge in [0, 0.05) is 43.7 Å². The fourth-order valence-electron chi connectivity index (χ4n) is 4.36. The van der Waals surface area contributed by atoms with Crippen LogP contribution in [0, 0.1) is 21.8 Å². The van der Waals surface area contributed by atoms with Crippen molar-refractivity contribution in [1.29, 1.82) is 0 Å². The molecule has 1 aliphatic carbocycles. The zero-order valence-electron chi connectivity index (χ0n) is 18.9. The van der Waals surface area contributed by atoms with Crippen molar-refractivity contribution >= 4 is 28.4 Å². The van der Waals surface area contributed by atoms with E-state index >= 15 is 0 Å². The molecule has 1 saturated carbocycles. The van der Waals surface area contributed by atoms with E-state index in [0.717, 1.165) is 55.0 Å². The molecular weight excluding hydrogens is 423 g/mol. The molecular formula is C24H29FN6O2. The van der Waals surface area contributed by atoms with E-state index in [2.05, 4.69) is 10.6 Å². The summed E-state index contributed by atoms with van der Waals surface area (Å²) in [7, 11) is 3.97. The molecule has 1 heterocycles. The van der Waals surface area contributed by atoms with Gasteiger partial charge in [-0.05, 0) is 56.3 Å². The standard InChI is InChI=1S/C24H29FN6O2/c1-30(2)23-20-5-3-4-6-22(20)28-24(29-23)27-18-10-7-16(8-11-18)14-26-15-17-9-12-19(31(32)33)13-21(17)25/h3-6,9,12-13,16,18,26H,7-8,10-11,14-15H2,1-2H3,(H,27,28,29). The molecule has 1 fully saturated rings. The summed E-state index contributed by atoms with van der Waals surface area (Å²) < 4.78 is 14.0. The van der Waals surface area contributed by atoms with Crippen molar-refractivity contribution in [2.45, 2.75) is 38.3 Å². The number of nitro benzene ring substituents is 1. The van der Waals surface area contributed by atoms with Gasteiger partial charge < -0.3 is 15.5 Å². The molecule has 0 amide bonds. The molecule has 0 aliphatic heterocycles. The first-order valence-corrected chi connectivity index (χ1v) is 11.2. The number of rotatable bonds is 8. The highest BCUT2D eigenvalue weighted by Gasteiger charge is 2.22. The monoisotopic (exact) mass is 452 g/mol. The second-order valence-corrected chi connectivity index (χ2v) is 8.81. The first kappa shape index (κ1) is 22.8. The van der Waals surface area contributed by atoms with E-state index in [-0.39, 0.29) is 5.69 Å². The molecule has 0 unspecified atom stereocenters. The van der Waals surface area contributed by atoms with Crippen molar-refractivity contribution in [3.05, 3.63) is 64.0 Å². The van der Waals surface area contributed by atoms with E-state index in [0.29, 0.717) is 30.0 Å². The van der Waals surface area contributed by atoms with Crippen molar-refractivity contribution < 1.29 is 9.31 Å². The summed E-state index contributed by atoms with van der Waals surface area (Å²) in [5.74, 6) is 1.53. The Bertz CT molecular complexity index is 1130. The molecule has 0 bridgehead atoms. The van der Waals surface area contributed by atoms with Crippen molar-refractivity contribution in [3.63, 3.8) is 0 Å². The zero-order chi connectivity index (χ0) is 23.4. The van der Waals surface area contributed by atoms with Crippen LogP contribution in [0.3, 0.4) is 0 Å². The number of para-hydroxylation sites is 1. The van der Waals surface area contributed by atoms with Gasteiger partial charge in [0.2, 0.25) is 5.95 Å². The Hall–Kier alpha value is -3.33. The van der Waals surface area contributed by atoms with Gasteiger partial charge in [0.15, 0.2) is 0 Å². The number of benzene rings is 2. The quantitative estimate of drug-likeness (QED) is 0.384. The van der Waals surface area contributed by atoms with E-state index in [4.69, 9.17) is 9.97 Å². The summed E-state index contributed by atoms with van der Waals surface area (Å²) in [4.78, 5) is 21.6. The summed E-state index contributed by atoms with van der Waals surface area (Å²) in [6.45, 7) is 1.15. The number of non-ortho nitro benzene ring substituents is 1. The predicted molar refractivity (Wildman–Crippen MR) is 128 cm³/mol. The topological polar surface area (TPSA) is 96.2 Å². The molecule has 0 spiro atoms. The number of anilines is 2. The maximum Gasteiger partial charge on any atom is 0.272 e. The Labute approximate surface area is 192 Å². The average molecular weight is 453 g/mol. The molecule has 0 saturated heterocycles. The molecule has 33 heavy (non-hydrogen) atoms. The van der Waals surface area contributed by atoms with Crippen LogP contribution in [0.2, 0.25) is 0 Å². The second kappa shape index (κ2) is 10.1. The van der Waals surface area contributed by atoms with Crippen molar-refractivity contribution in [2.24, 2.45) is 5.92 Å². The third kappa shape index (κ3) is 5.54. The lowest BCUT2D eigenvalue weighted by Crippen LogP contribution is -2.31. The van der Waals surface area contributed by atoms with Gasteiger partial charge in [-0.15, -0.1) is 0 Å². The Morgan fingerprint density at radius 2 is 1.88 bits per heavy atom. The minimum Gasteiger partial charge on any atom is -0.362 e. The molecule has 174 valence electrons.